The van der Waals surface area contributed by atoms with Crippen LogP contribution in [0.2, 0.25) is 0 Å². The van der Waals surface area contributed by atoms with E-state index in [4.69, 9.17) is 9.47 Å². The summed E-state index contributed by atoms with van der Waals surface area (Å²) in [5.41, 5.74) is 2.26. The molecule has 6 nitrogen and oxygen atoms in total. The second-order valence-corrected chi connectivity index (χ2v) is 8.01. The van der Waals surface area contributed by atoms with Crippen molar-refractivity contribution >= 4 is 17.3 Å². The van der Waals surface area contributed by atoms with E-state index < -0.39 is 17.6 Å². The molecular weight excluding hydrogens is 424 g/mol. The van der Waals surface area contributed by atoms with E-state index >= 15 is 0 Å². The average Bonchev–Trinajstić information content (AvgIpc) is 3.37. The summed E-state index contributed by atoms with van der Waals surface area (Å²) in [4.78, 5) is 13.8. The summed E-state index contributed by atoms with van der Waals surface area (Å²) < 4.78 is 39.9. The molecule has 0 spiro atoms. The minimum absolute atomic E-state index is 0.154. The van der Waals surface area contributed by atoms with Crippen LogP contribution in [0.5, 0.6) is 5.75 Å². The molecule has 1 aliphatic rings. The lowest BCUT2D eigenvalue weighted by Gasteiger charge is -2.09. The highest BCUT2D eigenvalue weighted by Crippen LogP contribution is 2.43. The number of methoxy groups -OCH3 is 1. The highest BCUT2D eigenvalue weighted by Gasteiger charge is 2.23. The van der Waals surface area contributed by atoms with Gasteiger partial charge in [-0.15, -0.1) is 21.5 Å². The fraction of sp³-hybridized carbons (Fsp3) is 0.136. The van der Waals surface area contributed by atoms with Gasteiger partial charge in [-0.3, -0.25) is 4.57 Å². The van der Waals surface area contributed by atoms with Crippen LogP contribution in [0.1, 0.15) is 15.2 Å². The first-order valence-electron chi connectivity index (χ1n) is 9.39. The van der Waals surface area contributed by atoms with Gasteiger partial charge in [-0.1, -0.05) is 0 Å². The maximum atomic E-state index is 14.4. The highest BCUT2D eigenvalue weighted by molar-refractivity contribution is 7.16. The Morgan fingerprint density at radius 3 is 2.84 bits per heavy atom. The van der Waals surface area contributed by atoms with Crippen molar-refractivity contribution in [3.63, 3.8) is 0 Å². The van der Waals surface area contributed by atoms with Gasteiger partial charge in [0.2, 0.25) is 0 Å². The number of esters is 1. The van der Waals surface area contributed by atoms with E-state index in [2.05, 4.69) is 10.2 Å². The van der Waals surface area contributed by atoms with Crippen LogP contribution in [0.25, 0.3) is 27.5 Å². The monoisotopic (exact) mass is 439 g/mol. The Morgan fingerprint density at radius 1 is 1.16 bits per heavy atom. The quantitative estimate of drug-likeness (QED) is 0.435. The van der Waals surface area contributed by atoms with Crippen LogP contribution < -0.4 is 4.74 Å². The van der Waals surface area contributed by atoms with Crippen LogP contribution in [0.15, 0.2) is 48.8 Å². The van der Waals surface area contributed by atoms with E-state index in [1.54, 1.807) is 18.2 Å². The fourth-order valence-corrected chi connectivity index (χ4v) is 4.71. The third-order valence-corrected chi connectivity index (χ3v) is 6.21. The number of benzene rings is 2. The standard InChI is InChI=1S/C22H15F2N3O3S/c1-29-22(28)12-2-5-18-14(8-12)15-10-20(31-19(15)6-7-30-18)21-26-25-11-27(21)17-4-3-13(23)9-16(17)24/h2-5,8-11H,6-7H2,1H3. The summed E-state index contributed by atoms with van der Waals surface area (Å²) in [7, 11) is 1.33. The molecule has 156 valence electrons. The summed E-state index contributed by atoms with van der Waals surface area (Å²) in [5.74, 6) is -0.690. The van der Waals surface area contributed by atoms with Crippen molar-refractivity contribution < 1.29 is 23.0 Å². The molecule has 0 bridgehead atoms. The van der Waals surface area contributed by atoms with Crippen LogP contribution in [0.4, 0.5) is 8.78 Å². The molecule has 9 heteroatoms. The van der Waals surface area contributed by atoms with Crippen molar-refractivity contribution in [1.29, 1.82) is 0 Å². The molecule has 0 atom stereocenters. The molecule has 2 aromatic carbocycles. The molecular formula is C22H15F2N3O3S. The Balaban J connectivity index is 1.63. The first kappa shape index (κ1) is 19.4. The van der Waals surface area contributed by atoms with Gasteiger partial charge < -0.3 is 9.47 Å². The summed E-state index contributed by atoms with van der Waals surface area (Å²) >= 11 is 1.49. The molecule has 5 rings (SSSR count). The Labute approximate surface area is 179 Å². The zero-order chi connectivity index (χ0) is 21.5. The van der Waals surface area contributed by atoms with Crippen LogP contribution in [0, 0.1) is 11.6 Å². The van der Waals surface area contributed by atoms with Gasteiger partial charge >= 0.3 is 5.97 Å². The van der Waals surface area contributed by atoms with Crippen molar-refractivity contribution in [2.75, 3.05) is 13.7 Å². The number of fused-ring (bicyclic) bond motifs is 3. The number of halogens is 2. The van der Waals surface area contributed by atoms with Crippen molar-refractivity contribution in [3.05, 3.63) is 70.9 Å². The lowest BCUT2D eigenvalue weighted by Crippen LogP contribution is -2.02. The number of hydrogen-bond donors (Lipinski definition) is 0. The van der Waals surface area contributed by atoms with Crippen molar-refractivity contribution in [3.8, 4) is 33.3 Å². The average molecular weight is 439 g/mol. The first-order valence-corrected chi connectivity index (χ1v) is 10.2. The van der Waals surface area contributed by atoms with Gasteiger partial charge in [0, 0.05) is 28.5 Å². The van der Waals surface area contributed by atoms with Gasteiger partial charge in [-0.25, -0.2) is 13.6 Å². The Kier molecular flexibility index (Phi) is 4.74. The third kappa shape index (κ3) is 3.36. The maximum absolute atomic E-state index is 14.4. The summed E-state index contributed by atoms with van der Waals surface area (Å²) in [6, 6.07) is 10.4. The zero-order valence-electron chi connectivity index (χ0n) is 16.3. The molecule has 0 fully saturated rings. The molecule has 4 aromatic rings. The van der Waals surface area contributed by atoms with Crippen LogP contribution in [0.3, 0.4) is 0 Å². The Hall–Kier alpha value is -3.59. The smallest absolute Gasteiger partial charge is 0.337 e. The van der Waals surface area contributed by atoms with Crippen LogP contribution >= 0.6 is 11.3 Å². The molecule has 0 amide bonds. The number of nitrogens with zero attached hydrogens (tertiary/aromatic N) is 3. The Morgan fingerprint density at radius 2 is 2.03 bits per heavy atom. The minimum atomic E-state index is -0.708. The van der Waals surface area contributed by atoms with E-state index in [0.717, 1.165) is 26.9 Å². The second-order valence-electron chi connectivity index (χ2n) is 6.87. The van der Waals surface area contributed by atoms with E-state index in [1.807, 2.05) is 6.07 Å². The predicted molar refractivity (Wildman–Crippen MR) is 111 cm³/mol. The largest absolute Gasteiger partial charge is 0.493 e. The van der Waals surface area contributed by atoms with E-state index in [0.29, 0.717) is 30.2 Å². The molecule has 0 radical (unpaired) electrons. The highest BCUT2D eigenvalue weighted by atomic mass is 32.1. The van der Waals surface area contributed by atoms with Gasteiger partial charge in [0.15, 0.2) is 5.82 Å². The molecule has 2 aromatic heterocycles. The van der Waals surface area contributed by atoms with E-state index in [-0.39, 0.29) is 5.69 Å². The third-order valence-electron chi connectivity index (χ3n) is 5.02. The second kappa shape index (κ2) is 7.59. The van der Waals surface area contributed by atoms with Crippen molar-refractivity contribution in [2.45, 2.75) is 6.42 Å². The lowest BCUT2D eigenvalue weighted by atomic mass is 10.0. The van der Waals surface area contributed by atoms with E-state index in [1.165, 1.54) is 41.5 Å². The topological polar surface area (TPSA) is 66.2 Å². The molecule has 31 heavy (non-hydrogen) atoms. The van der Waals surface area contributed by atoms with Gasteiger partial charge in [0.1, 0.15) is 23.7 Å². The molecule has 0 aliphatic carbocycles. The van der Waals surface area contributed by atoms with Crippen LogP contribution in [-0.2, 0) is 11.2 Å². The number of aromatic nitrogens is 3. The van der Waals surface area contributed by atoms with Gasteiger partial charge in [-0.2, -0.15) is 0 Å². The lowest BCUT2D eigenvalue weighted by molar-refractivity contribution is 0.0600. The molecule has 1 aliphatic heterocycles. The number of ether oxygens (including phenoxy) is 2. The predicted octanol–water partition coefficient (Wildman–Crippen LogP) is 4.66. The SMILES string of the molecule is COC(=O)c1ccc2c(c1)-c1cc(-c3nncn3-c3ccc(F)cc3F)sc1CCO2. The first-order chi connectivity index (χ1) is 15.0. The molecule has 0 saturated heterocycles. The van der Waals surface area contributed by atoms with Gasteiger partial charge in [0.05, 0.1) is 29.8 Å². The van der Waals surface area contributed by atoms with Gasteiger partial charge in [0.25, 0.3) is 0 Å². The number of hydrogen-bond acceptors (Lipinski definition) is 6. The summed E-state index contributed by atoms with van der Waals surface area (Å²) in [5, 5.41) is 8.10. The normalized spacial score (nSPS) is 12.5. The Bertz CT molecular complexity index is 1320. The van der Waals surface area contributed by atoms with Crippen LogP contribution in [-0.4, -0.2) is 34.5 Å². The molecule has 3 heterocycles. The minimum Gasteiger partial charge on any atom is -0.493 e. The molecule has 0 N–H and O–H groups in total. The van der Waals surface area contributed by atoms with Gasteiger partial charge in [-0.05, 0) is 36.4 Å². The number of carbonyl (C=O) groups is 1. The molecule has 0 saturated carbocycles. The summed E-state index contributed by atoms with van der Waals surface area (Å²) in [6.45, 7) is 0.483. The number of thiophene rings is 1. The number of rotatable bonds is 3. The maximum Gasteiger partial charge on any atom is 0.337 e. The molecule has 0 unspecified atom stereocenters. The van der Waals surface area contributed by atoms with E-state index in [9.17, 15) is 13.6 Å². The fourth-order valence-electron chi connectivity index (χ4n) is 3.57. The van der Waals surface area contributed by atoms with Crippen molar-refractivity contribution in [1.82, 2.24) is 14.8 Å². The number of carbonyl (C=O) groups excluding carboxylic acids is 1. The summed E-state index contributed by atoms with van der Waals surface area (Å²) in [6.07, 6.45) is 2.06. The zero-order valence-corrected chi connectivity index (χ0v) is 17.1. The van der Waals surface area contributed by atoms with Crippen molar-refractivity contribution in [2.24, 2.45) is 0 Å².